The molecule has 1 saturated heterocycles. The number of carbonyl (C=O) groups is 1. The molecule has 0 amide bonds. The summed E-state index contributed by atoms with van der Waals surface area (Å²) in [6.45, 7) is 1.05. The Bertz CT molecular complexity index is 1720. The van der Waals surface area contributed by atoms with Gasteiger partial charge in [0, 0.05) is 41.3 Å². The van der Waals surface area contributed by atoms with Crippen molar-refractivity contribution >= 4 is 38.5 Å². The van der Waals surface area contributed by atoms with Gasteiger partial charge in [0.25, 0.3) is 5.22 Å². The van der Waals surface area contributed by atoms with Gasteiger partial charge in [-0.25, -0.2) is 8.42 Å². The van der Waals surface area contributed by atoms with Crippen molar-refractivity contribution in [2.24, 2.45) is 0 Å². The molecule has 0 spiro atoms. The quantitative estimate of drug-likeness (QED) is 0.181. The number of aromatic nitrogens is 3. The first kappa shape index (κ1) is 25.5. The maximum atomic E-state index is 13.8. The standard InChI is InChI=1S/C29H26N4O4S2/c34-26(24-19-30-25-15-6-5-14-23(24)25)27(20-10-3-1-4-11-20)38-29-32-31-28(37-29)21-12-9-13-22(18-21)39(35,36)33-16-7-2-8-17-33/h1,3-6,9-15,18-19,27,30H,2,7-8,16-17H2/t27-/m0/s1. The van der Waals surface area contributed by atoms with Crippen molar-refractivity contribution in [3.05, 3.63) is 96.2 Å². The van der Waals surface area contributed by atoms with Crippen LogP contribution in [-0.2, 0) is 10.0 Å². The lowest BCUT2D eigenvalue weighted by Crippen LogP contribution is -2.35. The Morgan fingerprint density at radius 2 is 1.69 bits per heavy atom. The Morgan fingerprint density at radius 1 is 0.923 bits per heavy atom. The molecule has 198 valence electrons. The maximum absolute atomic E-state index is 13.8. The number of aromatic amines is 1. The third-order valence-electron chi connectivity index (χ3n) is 6.85. The SMILES string of the molecule is O=C(c1c[nH]c2ccccc12)[C@@H](Sc1nnc(-c2cccc(S(=O)(=O)N3CCCCC3)c2)o1)c1ccccc1. The first-order valence-electron chi connectivity index (χ1n) is 12.8. The van der Waals surface area contributed by atoms with Gasteiger partial charge < -0.3 is 9.40 Å². The molecular formula is C29H26N4O4S2. The molecule has 0 bridgehead atoms. The zero-order valence-electron chi connectivity index (χ0n) is 21.0. The fourth-order valence-corrected chi connectivity index (χ4v) is 7.34. The van der Waals surface area contributed by atoms with Crippen molar-refractivity contribution < 1.29 is 17.6 Å². The van der Waals surface area contributed by atoms with E-state index in [0.29, 0.717) is 24.2 Å². The summed E-state index contributed by atoms with van der Waals surface area (Å²) in [6.07, 6.45) is 4.50. The Balaban J connectivity index is 1.29. The van der Waals surface area contributed by atoms with Gasteiger partial charge in [0.15, 0.2) is 5.78 Å². The number of piperidine rings is 1. The van der Waals surface area contributed by atoms with Crippen molar-refractivity contribution in [3.63, 3.8) is 0 Å². The summed E-state index contributed by atoms with van der Waals surface area (Å²) in [5.41, 5.74) is 2.79. The first-order valence-corrected chi connectivity index (χ1v) is 15.1. The topological polar surface area (TPSA) is 109 Å². The molecule has 0 aliphatic carbocycles. The van der Waals surface area contributed by atoms with Gasteiger partial charge in [0.2, 0.25) is 15.9 Å². The fourth-order valence-electron chi connectivity index (χ4n) is 4.84. The van der Waals surface area contributed by atoms with Crippen LogP contribution < -0.4 is 0 Å². The van der Waals surface area contributed by atoms with Crippen LogP contribution in [0.1, 0.15) is 40.4 Å². The van der Waals surface area contributed by atoms with E-state index in [2.05, 4.69) is 15.2 Å². The number of ketones is 1. The van der Waals surface area contributed by atoms with E-state index < -0.39 is 15.3 Å². The van der Waals surface area contributed by atoms with E-state index in [9.17, 15) is 13.2 Å². The summed E-state index contributed by atoms with van der Waals surface area (Å²) in [6, 6.07) is 23.7. The molecule has 0 saturated carbocycles. The number of sulfonamides is 1. The minimum atomic E-state index is -3.60. The van der Waals surface area contributed by atoms with E-state index in [4.69, 9.17) is 4.42 Å². The summed E-state index contributed by atoms with van der Waals surface area (Å²) in [5.74, 6) is 0.109. The van der Waals surface area contributed by atoms with Crippen LogP contribution in [-0.4, -0.2) is 46.8 Å². The summed E-state index contributed by atoms with van der Waals surface area (Å²) in [7, 11) is -3.60. The summed E-state index contributed by atoms with van der Waals surface area (Å²) >= 11 is 1.17. The van der Waals surface area contributed by atoms with Crippen LogP contribution in [0.25, 0.3) is 22.4 Å². The average molecular weight is 559 g/mol. The molecule has 1 N–H and O–H groups in total. The number of rotatable bonds is 8. The number of hydrogen-bond donors (Lipinski definition) is 1. The zero-order valence-corrected chi connectivity index (χ0v) is 22.6. The van der Waals surface area contributed by atoms with Crippen molar-refractivity contribution in [2.45, 2.75) is 34.6 Å². The molecule has 1 aliphatic heterocycles. The highest BCUT2D eigenvalue weighted by Crippen LogP contribution is 2.39. The third kappa shape index (κ3) is 5.15. The molecule has 10 heteroatoms. The minimum absolute atomic E-state index is 0.0852. The van der Waals surface area contributed by atoms with Gasteiger partial charge in [-0.05, 0) is 54.4 Å². The number of nitrogens with zero attached hydrogens (tertiary/aromatic N) is 3. The number of hydrogen-bond acceptors (Lipinski definition) is 7. The average Bonchev–Trinajstić information content (AvgIpc) is 3.64. The predicted octanol–water partition coefficient (Wildman–Crippen LogP) is 6.11. The second kappa shape index (κ2) is 10.8. The molecular weight excluding hydrogens is 532 g/mol. The molecule has 39 heavy (non-hydrogen) atoms. The number of carbonyl (C=O) groups excluding carboxylic acids is 1. The molecule has 2 aromatic heterocycles. The van der Waals surface area contributed by atoms with Crippen LogP contribution in [0.15, 0.2) is 99.6 Å². The van der Waals surface area contributed by atoms with Crippen molar-refractivity contribution in [1.29, 1.82) is 0 Å². The minimum Gasteiger partial charge on any atom is -0.411 e. The highest BCUT2D eigenvalue weighted by molar-refractivity contribution is 8.00. The molecule has 8 nitrogen and oxygen atoms in total. The molecule has 3 aromatic carbocycles. The zero-order chi connectivity index (χ0) is 26.8. The lowest BCUT2D eigenvalue weighted by atomic mass is 10.0. The number of H-pyrrole nitrogens is 1. The second-order valence-electron chi connectivity index (χ2n) is 9.39. The van der Waals surface area contributed by atoms with Gasteiger partial charge in [-0.15, -0.1) is 10.2 Å². The summed E-state index contributed by atoms with van der Waals surface area (Å²) in [4.78, 5) is 17.2. The summed E-state index contributed by atoms with van der Waals surface area (Å²) in [5, 5.41) is 8.82. The smallest absolute Gasteiger partial charge is 0.277 e. The van der Waals surface area contributed by atoms with E-state index in [0.717, 1.165) is 35.7 Å². The van der Waals surface area contributed by atoms with Gasteiger partial charge in [0.1, 0.15) is 5.25 Å². The monoisotopic (exact) mass is 558 g/mol. The van der Waals surface area contributed by atoms with Crippen LogP contribution in [0.2, 0.25) is 0 Å². The fraction of sp³-hybridized carbons (Fsp3) is 0.207. The van der Waals surface area contributed by atoms with Crippen molar-refractivity contribution in [3.8, 4) is 11.5 Å². The molecule has 5 aromatic rings. The predicted molar refractivity (Wildman–Crippen MR) is 150 cm³/mol. The largest absolute Gasteiger partial charge is 0.411 e. The second-order valence-corrected chi connectivity index (χ2v) is 12.4. The Hall–Kier alpha value is -3.73. The van der Waals surface area contributed by atoms with Gasteiger partial charge in [-0.2, -0.15) is 4.31 Å². The normalized spacial score (nSPS) is 15.4. The van der Waals surface area contributed by atoms with Crippen molar-refractivity contribution in [1.82, 2.24) is 19.5 Å². The van der Waals surface area contributed by atoms with E-state index in [1.54, 1.807) is 30.5 Å². The van der Waals surface area contributed by atoms with E-state index in [1.807, 2.05) is 54.6 Å². The number of fused-ring (bicyclic) bond motifs is 1. The third-order valence-corrected chi connectivity index (χ3v) is 9.84. The van der Waals surface area contributed by atoms with Gasteiger partial charge >= 0.3 is 0 Å². The Kier molecular flexibility index (Phi) is 7.07. The van der Waals surface area contributed by atoms with Crippen LogP contribution in [0.5, 0.6) is 0 Å². The first-order chi connectivity index (χ1) is 19.0. The molecule has 0 unspecified atom stereocenters. The Labute approximate surface area is 230 Å². The molecule has 1 atom stereocenters. The van der Waals surface area contributed by atoms with Crippen molar-refractivity contribution in [2.75, 3.05) is 13.1 Å². The highest BCUT2D eigenvalue weighted by Gasteiger charge is 2.29. The van der Waals surface area contributed by atoms with Gasteiger partial charge in [0.05, 0.1) is 4.90 Å². The maximum Gasteiger partial charge on any atom is 0.277 e. The molecule has 3 heterocycles. The van der Waals surface area contributed by atoms with Gasteiger partial charge in [-0.1, -0.05) is 61.0 Å². The highest BCUT2D eigenvalue weighted by atomic mass is 32.2. The van der Waals surface area contributed by atoms with E-state index >= 15 is 0 Å². The number of thioether (sulfide) groups is 1. The van der Waals surface area contributed by atoms with E-state index in [-0.39, 0.29) is 21.8 Å². The van der Waals surface area contributed by atoms with Crippen LogP contribution in [0.3, 0.4) is 0 Å². The van der Waals surface area contributed by atoms with Crippen LogP contribution in [0.4, 0.5) is 0 Å². The molecule has 1 aliphatic rings. The summed E-state index contributed by atoms with van der Waals surface area (Å²) < 4.78 is 33.8. The molecule has 1 fully saturated rings. The number of para-hydroxylation sites is 1. The lowest BCUT2D eigenvalue weighted by molar-refractivity contribution is 0.0990. The Morgan fingerprint density at radius 3 is 2.51 bits per heavy atom. The lowest BCUT2D eigenvalue weighted by Gasteiger charge is -2.25. The van der Waals surface area contributed by atoms with Crippen LogP contribution in [0, 0.1) is 0 Å². The number of benzene rings is 3. The molecule has 6 rings (SSSR count). The van der Waals surface area contributed by atoms with Gasteiger partial charge in [-0.3, -0.25) is 4.79 Å². The molecule has 0 radical (unpaired) electrons. The number of Topliss-reactive ketones (excluding diaryl/α,β-unsaturated/α-hetero) is 1. The number of nitrogens with one attached hydrogen (secondary N) is 1. The van der Waals surface area contributed by atoms with Crippen LogP contribution >= 0.6 is 11.8 Å². The van der Waals surface area contributed by atoms with E-state index in [1.165, 1.54) is 16.1 Å².